The van der Waals surface area contributed by atoms with Crippen molar-refractivity contribution in [3.05, 3.63) is 12.2 Å². The van der Waals surface area contributed by atoms with Gasteiger partial charge in [-0.1, -0.05) is 0 Å². The van der Waals surface area contributed by atoms with Crippen LogP contribution in [0.1, 0.15) is 18.7 Å². The number of amides is 1. The van der Waals surface area contributed by atoms with Crippen LogP contribution in [0.15, 0.2) is 6.33 Å². The molecule has 0 radical (unpaired) electrons. The van der Waals surface area contributed by atoms with E-state index in [4.69, 9.17) is 11.6 Å². The summed E-state index contributed by atoms with van der Waals surface area (Å²) in [5.41, 5.74) is 0. The molecule has 5 nitrogen and oxygen atoms in total. The molecule has 1 amide bonds. The molecule has 1 fully saturated rings. The third-order valence-corrected chi connectivity index (χ3v) is 2.56. The van der Waals surface area contributed by atoms with Gasteiger partial charge in [0.25, 0.3) is 0 Å². The van der Waals surface area contributed by atoms with Gasteiger partial charge in [-0.05, 0) is 6.42 Å². The first kappa shape index (κ1) is 9.45. The SMILES string of the molecule is O=C1CCC(Cn2cnnc2CCl)N1. The lowest BCUT2D eigenvalue weighted by molar-refractivity contribution is -0.119. The number of nitrogens with one attached hydrogen (secondary N) is 1. The maximum Gasteiger partial charge on any atom is 0.220 e. The summed E-state index contributed by atoms with van der Waals surface area (Å²) in [6.45, 7) is 0.709. The number of halogens is 1. The predicted octanol–water partition coefficient (Wildman–Crippen LogP) is 0.295. The van der Waals surface area contributed by atoms with Gasteiger partial charge in [0.05, 0.1) is 5.88 Å². The van der Waals surface area contributed by atoms with Gasteiger partial charge in [-0.3, -0.25) is 4.79 Å². The summed E-state index contributed by atoms with van der Waals surface area (Å²) < 4.78 is 1.88. The van der Waals surface area contributed by atoms with Gasteiger partial charge in [-0.15, -0.1) is 21.8 Å². The second kappa shape index (κ2) is 3.96. The second-order valence-corrected chi connectivity index (χ2v) is 3.60. The fraction of sp³-hybridized carbons (Fsp3) is 0.625. The Morgan fingerprint density at radius 2 is 2.57 bits per heavy atom. The molecule has 2 heterocycles. The van der Waals surface area contributed by atoms with Crippen molar-refractivity contribution >= 4 is 17.5 Å². The molecule has 1 aliphatic heterocycles. The lowest BCUT2D eigenvalue weighted by Gasteiger charge is -2.11. The van der Waals surface area contributed by atoms with Crippen molar-refractivity contribution in [2.24, 2.45) is 0 Å². The fourth-order valence-electron chi connectivity index (χ4n) is 1.59. The van der Waals surface area contributed by atoms with E-state index in [9.17, 15) is 4.79 Å². The van der Waals surface area contributed by atoms with Gasteiger partial charge >= 0.3 is 0 Å². The van der Waals surface area contributed by atoms with Crippen molar-refractivity contribution in [3.63, 3.8) is 0 Å². The van der Waals surface area contributed by atoms with Gasteiger partial charge in [0.15, 0.2) is 0 Å². The molecule has 1 unspecified atom stereocenters. The quantitative estimate of drug-likeness (QED) is 0.736. The van der Waals surface area contributed by atoms with Crippen LogP contribution in [0, 0.1) is 0 Å². The first-order valence-corrected chi connectivity index (χ1v) is 5.05. The van der Waals surface area contributed by atoms with Crippen molar-refractivity contribution in [1.29, 1.82) is 0 Å². The Balaban J connectivity index is 2.00. The minimum absolute atomic E-state index is 0.121. The highest BCUT2D eigenvalue weighted by molar-refractivity contribution is 6.16. The number of alkyl halides is 1. The topological polar surface area (TPSA) is 59.8 Å². The summed E-state index contributed by atoms with van der Waals surface area (Å²) >= 11 is 5.68. The average molecular weight is 215 g/mol. The van der Waals surface area contributed by atoms with Gasteiger partial charge in [0.1, 0.15) is 12.2 Å². The van der Waals surface area contributed by atoms with Crippen LogP contribution in [0.5, 0.6) is 0 Å². The number of carbonyl (C=O) groups excluding carboxylic acids is 1. The molecular formula is C8H11ClN4O. The highest BCUT2D eigenvalue weighted by Crippen LogP contribution is 2.10. The Morgan fingerprint density at radius 3 is 3.21 bits per heavy atom. The van der Waals surface area contributed by atoms with E-state index >= 15 is 0 Å². The van der Waals surface area contributed by atoms with Gasteiger partial charge in [-0.2, -0.15) is 0 Å². The number of aromatic nitrogens is 3. The van der Waals surface area contributed by atoms with Gasteiger partial charge in [0, 0.05) is 19.0 Å². The van der Waals surface area contributed by atoms with Gasteiger partial charge < -0.3 is 9.88 Å². The summed E-state index contributed by atoms with van der Waals surface area (Å²) in [5.74, 6) is 1.21. The van der Waals surface area contributed by atoms with Crippen molar-refractivity contribution in [3.8, 4) is 0 Å². The Kier molecular flexibility index (Phi) is 2.67. The normalized spacial score (nSPS) is 21.2. The van der Waals surface area contributed by atoms with Crippen molar-refractivity contribution < 1.29 is 4.79 Å². The molecule has 0 aliphatic carbocycles. The molecule has 1 N–H and O–H groups in total. The Bertz CT molecular complexity index is 338. The van der Waals surface area contributed by atoms with E-state index in [0.29, 0.717) is 18.8 Å². The zero-order valence-electron chi connectivity index (χ0n) is 7.61. The van der Waals surface area contributed by atoms with E-state index in [1.54, 1.807) is 6.33 Å². The van der Waals surface area contributed by atoms with E-state index < -0.39 is 0 Å². The van der Waals surface area contributed by atoms with E-state index in [2.05, 4.69) is 15.5 Å². The predicted molar refractivity (Wildman–Crippen MR) is 50.7 cm³/mol. The Hall–Kier alpha value is -1.10. The lowest BCUT2D eigenvalue weighted by atomic mass is 10.2. The molecule has 1 atom stereocenters. The second-order valence-electron chi connectivity index (χ2n) is 3.34. The van der Waals surface area contributed by atoms with Crippen molar-refractivity contribution in [2.45, 2.75) is 31.3 Å². The van der Waals surface area contributed by atoms with Crippen LogP contribution < -0.4 is 5.32 Å². The van der Waals surface area contributed by atoms with Crippen LogP contribution in [0.25, 0.3) is 0 Å². The first-order chi connectivity index (χ1) is 6.79. The molecule has 0 saturated carbocycles. The number of rotatable bonds is 3. The lowest BCUT2D eigenvalue weighted by Crippen LogP contribution is -2.29. The number of carbonyl (C=O) groups is 1. The van der Waals surface area contributed by atoms with E-state index in [0.717, 1.165) is 12.2 Å². The largest absolute Gasteiger partial charge is 0.352 e. The molecule has 1 saturated heterocycles. The smallest absolute Gasteiger partial charge is 0.220 e. The zero-order valence-corrected chi connectivity index (χ0v) is 8.37. The molecule has 1 aliphatic rings. The van der Waals surface area contributed by atoms with Crippen LogP contribution in [0.4, 0.5) is 0 Å². The molecule has 14 heavy (non-hydrogen) atoms. The standard InChI is InChI=1S/C8H11ClN4O/c9-3-7-12-10-5-13(7)4-6-1-2-8(14)11-6/h5-6H,1-4H2,(H,11,14). The summed E-state index contributed by atoms with van der Waals surface area (Å²) in [6.07, 6.45) is 3.13. The summed E-state index contributed by atoms with van der Waals surface area (Å²) in [6, 6.07) is 0.195. The number of hydrogen-bond acceptors (Lipinski definition) is 3. The minimum Gasteiger partial charge on any atom is -0.352 e. The maximum absolute atomic E-state index is 11.0. The van der Waals surface area contributed by atoms with E-state index in [1.807, 2.05) is 4.57 Å². The Morgan fingerprint density at radius 1 is 1.71 bits per heavy atom. The molecule has 0 spiro atoms. The third kappa shape index (κ3) is 1.87. The van der Waals surface area contributed by atoms with Gasteiger partial charge in [0.2, 0.25) is 5.91 Å². The molecule has 1 aromatic rings. The minimum atomic E-state index is 0.121. The maximum atomic E-state index is 11.0. The fourth-order valence-corrected chi connectivity index (χ4v) is 1.79. The van der Waals surface area contributed by atoms with E-state index in [1.165, 1.54) is 0 Å². The van der Waals surface area contributed by atoms with Crippen LogP contribution in [0.2, 0.25) is 0 Å². The highest BCUT2D eigenvalue weighted by Gasteiger charge is 2.21. The summed E-state index contributed by atoms with van der Waals surface area (Å²) in [4.78, 5) is 11.0. The highest BCUT2D eigenvalue weighted by atomic mass is 35.5. The molecular weight excluding hydrogens is 204 g/mol. The number of hydrogen-bond donors (Lipinski definition) is 1. The van der Waals surface area contributed by atoms with Crippen LogP contribution in [0.3, 0.4) is 0 Å². The number of nitrogens with zero attached hydrogens (tertiary/aromatic N) is 3. The molecule has 76 valence electrons. The monoisotopic (exact) mass is 214 g/mol. The van der Waals surface area contributed by atoms with Crippen LogP contribution >= 0.6 is 11.6 Å². The summed E-state index contributed by atoms with van der Waals surface area (Å²) in [7, 11) is 0. The molecule has 2 rings (SSSR count). The molecule has 1 aromatic heterocycles. The zero-order chi connectivity index (χ0) is 9.97. The average Bonchev–Trinajstić information content (AvgIpc) is 2.76. The van der Waals surface area contributed by atoms with Crippen molar-refractivity contribution in [1.82, 2.24) is 20.1 Å². The van der Waals surface area contributed by atoms with Crippen LogP contribution in [-0.4, -0.2) is 26.7 Å². The third-order valence-electron chi connectivity index (χ3n) is 2.32. The van der Waals surface area contributed by atoms with Crippen molar-refractivity contribution in [2.75, 3.05) is 0 Å². The molecule has 6 heteroatoms. The van der Waals surface area contributed by atoms with E-state index in [-0.39, 0.29) is 11.9 Å². The first-order valence-electron chi connectivity index (χ1n) is 4.51. The van der Waals surface area contributed by atoms with Gasteiger partial charge in [-0.25, -0.2) is 0 Å². The summed E-state index contributed by atoms with van der Waals surface area (Å²) in [5, 5.41) is 10.5. The van der Waals surface area contributed by atoms with Crippen LogP contribution in [-0.2, 0) is 17.2 Å². The Labute approximate surface area is 86.5 Å². The molecule has 0 bridgehead atoms. The molecule has 0 aromatic carbocycles.